The second kappa shape index (κ2) is 5.73. The molecule has 2 aliphatic rings. The van der Waals surface area contributed by atoms with Gasteiger partial charge in [-0.1, -0.05) is 12.1 Å². The monoisotopic (exact) mass is 273 g/mol. The highest BCUT2D eigenvalue weighted by molar-refractivity contribution is 5.75. The van der Waals surface area contributed by atoms with E-state index in [-0.39, 0.29) is 6.03 Å². The number of amides is 2. The van der Waals surface area contributed by atoms with E-state index in [9.17, 15) is 4.79 Å². The number of nitrogens with two attached hydrogens (primary N) is 1. The molecule has 1 saturated carbocycles. The average Bonchev–Trinajstić information content (AvgIpc) is 3.30. The Bertz CT molecular complexity index is 478. The molecule has 2 fully saturated rings. The van der Waals surface area contributed by atoms with Crippen molar-refractivity contribution in [3.8, 4) is 0 Å². The number of nitrogen functional groups attached to an aromatic ring is 1. The van der Waals surface area contributed by atoms with Crippen LogP contribution in [0.1, 0.15) is 37.7 Å². The molecule has 1 aliphatic carbocycles. The van der Waals surface area contributed by atoms with Gasteiger partial charge < -0.3 is 15.5 Å². The highest BCUT2D eigenvalue weighted by atomic mass is 16.2. The highest BCUT2D eigenvalue weighted by Gasteiger charge is 2.35. The van der Waals surface area contributed by atoms with E-state index in [1.54, 1.807) is 0 Å². The molecular weight excluding hydrogens is 250 g/mol. The quantitative estimate of drug-likeness (QED) is 0.861. The number of hydrogen-bond donors (Lipinski definition) is 1. The van der Waals surface area contributed by atoms with E-state index in [4.69, 9.17) is 5.73 Å². The zero-order valence-electron chi connectivity index (χ0n) is 11.9. The SMILES string of the molecule is Nc1cccc(CN(C(=O)N2CCCCC2)C2CC2)c1. The molecule has 108 valence electrons. The number of piperidine rings is 1. The Morgan fingerprint density at radius 3 is 2.65 bits per heavy atom. The second-order valence-electron chi connectivity index (χ2n) is 5.93. The summed E-state index contributed by atoms with van der Waals surface area (Å²) in [5, 5.41) is 0. The Balaban J connectivity index is 1.70. The van der Waals surface area contributed by atoms with Gasteiger partial charge in [-0.05, 0) is 49.8 Å². The van der Waals surface area contributed by atoms with Crippen molar-refractivity contribution in [1.82, 2.24) is 9.80 Å². The molecule has 0 atom stereocenters. The maximum atomic E-state index is 12.7. The summed E-state index contributed by atoms with van der Waals surface area (Å²) in [6, 6.07) is 8.52. The number of hydrogen-bond acceptors (Lipinski definition) is 2. The molecule has 2 N–H and O–H groups in total. The van der Waals surface area contributed by atoms with Gasteiger partial charge in [0.1, 0.15) is 0 Å². The van der Waals surface area contributed by atoms with Crippen molar-refractivity contribution in [2.45, 2.75) is 44.7 Å². The molecule has 1 heterocycles. The van der Waals surface area contributed by atoms with E-state index in [1.165, 1.54) is 6.42 Å². The van der Waals surface area contributed by atoms with Crippen molar-refractivity contribution in [2.75, 3.05) is 18.8 Å². The van der Waals surface area contributed by atoms with Gasteiger partial charge in [0, 0.05) is 31.4 Å². The minimum atomic E-state index is 0.217. The van der Waals surface area contributed by atoms with Crippen molar-refractivity contribution in [1.29, 1.82) is 0 Å². The van der Waals surface area contributed by atoms with E-state index in [1.807, 2.05) is 28.0 Å². The first-order valence-corrected chi connectivity index (χ1v) is 7.64. The normalized spacial score (nSPS) is 18.9. The fourth-order valence-corrected chi connectivity index (χ4v) is 2.89. The molecule has 3 rings (SSSR count). The number of carbonyl (C=O) groups is 1. The van der Waals surface area contributed by atoms with E-state index in [0.29, 0.717) is 12.6 Å². The number of urea groups is 1. The Hall–Kier alpha value is -1.71. The third kappa shape index (κ3) is 3.06. The molecule has 0 bridgehead atoms. The Kier molecular flexibility index (Phi) is 3.81. The van der Waals surface area contributed by atoms with Gasteiger partial charge in [0.05, 0.1) is 0 Å². The summed E-state index contributed by atoms with van der Waals surface area (Å²) in [4.78, 5) is 16.8. The van der Waals surface area contributed by atoms with Crippen LogP contribution in [0, 0.1) is 0 Å². The third-order valence-electron chi connectivity index (χ3n) is 4.16. The summed E-state index contributed by atoms with van der Waals surface area (Å²) in [6.07, 6.45) is 5.82. The number of nitrogens with zero attached hydrogens (tertiary/aromatic N) is 2. The Morgan fingerprint density at radius 1 is 1.25 bits per heavy atom. The summed E-state index contributed by atoms with van der Waals surface area (Å²) in [5.74, 6) is 0. The predicted molar refractivity (Wildman–Crippen MR) is 80.2 cm³/mol. The number of rotatable bonds is 3. The molecule has 0 unspecified atom stereocenters. The molecule has 4 nitrogen and oxygen atoms in total. The van der Waals surface area contributed by atoms with Gasteiger partial charge in [0.2, 0.25) is 0 Å². The predicted octanol–water partition coefficient (Wildman–Crippen LogP) is 2.84. The molecule has 2 amide bonds. The van der Waals surface area contributed by atoms with Crippen LogP contribution >= 0.6 is 0 Å². The van der Waals surface area contributed by atoms with Crippen molar-refractivity contribution < 1.29 is 4.79 Å². The summed E-state index contributed by atoms with van der Waals surface area (Å²) in [7, 11) is 0. The summed E-state index contributed by atoms with van der Waals surface area (Å²) in [6.45, 7) is 2.52. The van der Waals surface area contributed by atoms with Crippen LogP contribution in [-0.4, -0.2) is 35.0 Å². The molecule has 4 heteroatoms. The van der Waals surface area contributed by atoms with Crippen molar-refractivity contribution in [2.24, 2.45) is 0 Å². The lowest BCUT2D eigenvalue weighted by atomic mass is 10.1. The number of benzene rings is 1. The lowest BCUT2D eigenvalue weighted by Gasteiger charge is -2.33. The zero-order valence-corrected chi connectivity index (χ0v) is 11.9. The summed E-state index contributed by atoms with van der Waals surface area (Å²) in [5.41, 5.74) is 7.73. The van der Waals surface area contributed by atoms with Gasteiger partial charge in [-0.25, -0.2) is 4.79 Å². The molecular formula is C16H23N3O. The van der Waals surface area contributed by atoms with Crippen LogP contribution in [0.5, 0.6) is 0 Å². The van der Waals surface area contributed by atoms with Crippen molar-refractivity contribution in [3.05, 3.63) is 29.8 Å². The molecule has 1 aromatic carbocycles. The molecule has 0 aromatic heterocycles. The van der Waals surface area contributed by atoms with Crippen molar-refractivity contribution in [3.63, 3.8) is 0 Å². The fourth-order valence-electron chi connectivity index (χ4n) is 2.89. The number of carbonyl (C=O) groups excluding carboxylic acids is 1. The lowest BCUT2D eigenvalue weighted by molar-refractivity contribution is 0.138. The van der Waals surface area contributed by atoms with Crippen LogP contribution in [0.3, 0.4) is 0 Å². The van der Waals surface area contributed by atoms with Crippen LogP contribution in [-0.2, 0) is 6.54 Å². The molecule has 1 saturated heterocycles. The van der Waals surface area contributed by atoms with E-state index >= 15 is 0 Å². The minimum absolute atomic E-state index is 0.217. The van der Waals surface area contributed by atoms with Gasteiger partial charge >= 0.3 is 6.03 Å². The van der Waals surface area contributed by atoms with Gasteiger partial charge in [-0.2, -0.15) is 0 Å². The maximum Gasteiger partial charge on any atom is 0.320 e. The van der Waals surface area contributed by atoms with Crippen LogP contribution < -0.4 is 5.73 Å². The minimum Gasteiger partial charge on any atom is -0.399 e. The van der Waals surface area contributed by atoms with Crippen LogP contribution in [0.15, 0.2) is 24.3 Å². The standard InChI is InChI=1S/C16H23N3O/c17-14-6-4-5-13(11-14)12-19(15-7-8-15)16(20)18-9-2-1-3-10-18/h4-6,11,15H,1-3,7-10,12,17H2. The van der Waals surface area contributed by atoms with Crippen LogP contribution in [0.25, 0.3) is 0 Å². The first-order valence-electron chi connectivity index (χ1n) is 7.64. The van der Waals surface area contributed by atoms with Gasteiger partial charge in [-0.3, -0.25) is 0 Å². The number of anilines is 1. The smallest absolute Gasteiger partial charge is 0.320 e. The second-order valence-corrected chi connectivity index (χ2v) is 5.93. The molecule has 1 aromatic rings. The van der Waals surface area contributed by atoms with Crippen LogP contribution in [0.4, 0.5) is 10.5 Å². The fraction of sp³-hybridized carbons (Fsp3) is 0.562. The molecule has 1 aliphatic heterocycles. The Labute approximate surface area is 120 Å². The third-order valence-corrected chi connectivity index (χ3v) is 4.16. The maximum absolute atomic E-state index is 12.7. The van der Waals surface area contributed by atoms with Crippen molar-refractivity contribution >= 4 is 11.7 Å². The highest BCUT2D eigenvalue weighted by Crippen LogP contribution is 2.30. The van der Waals surface area contributed by atoms with Gasteiger partial charge in [0.25, 0.3) is 0 Å². The van der Waals surface area contributed by atoms with E-state index in [2.05, 4.69) is 6.07 Å². The first-order chi connectivity index (χ1) is 9.74. The summed E-state index contributed by atoms with van der Waals surface area (Å²) < 4.78 is 0. The Morgan fingerprint density at radius 2 is 2.00 bits per heavy atom. The van der Waals surface area contributed by atoms with E-state index in [0.717, 1.165) is 50.0 Å². The van der Waals surface area contributed by atoms with Gasteiger partial charge in [0.15, 0.2) is 0 Å². The number of likely N-dealkylation sites (tertiary alicyclic amines) is 1. The first kappa shape index (κ1) is 13.3. The van der Waals surface area contributed by atoms with Crippen LogP contribution in [0.2, 0.25) is 0 Å². The van der Waals surface area contributed by atoms with E-state index < -0.39 is 0 Å². The average molecular weight is 273 g/mol. The van der Waals surface area contributed by atoms with Gasteiger partial charge in [-0.15, -0.1) is 0 Å². The topological polar surface area (TPSA) is 49.6 Å². The summed E-state index contributed by atoms with van der Waals surface area (Å²) >= 11 is 0. The molecule has 0 spiro atoms. The zero-order chi connectivity index (χ0) is 13.9. The molecule has 0 radical (unpaired) electrons. The molecule has 20 heavy (non-hydrogen) atoms. The lowest BCUT2D eigenvalue weighted by Crippen LogP contribution is -2.46. The largest absolute Gasteiger partial charge is 0.399 e.